The molecule has 2 aliphatic rings. The van der Waals surface area contributed by atoms with Gasteiger partial charge in [0.1, 0.15) is 21.1 Å². The fourth-order valence-corrected chi connectivity index (χ4v) is 3.82. The van der Waals surface area contributed by atoms with Gasteiger partial charge in [-0.25, -0.2) is 0 Å². The number of hydrogen-bond acceptors (Lipinski definition) is 8. The first-order valence-corrected chi connectivity index (χ1v) is 9.20. The lowest BCUT2D eigenvalue weighted by atomic mass is 9.93. The van der Waals surface area contributed by atoms with E-state index in [1.165, 1.54) is 12.2 Å². The van der Waals surface area contributed by atoms with Crippen LogP contribution in [0.15, 0.2) is 57.4 Å². The average Bonchev–Trinajstić information content (AvgIpc) is 2.35. The maximum atomic E-state index is 11.6. The summed E-state index contributed by atoms with van der Waals surface area (Å²) in [6.45, 7) is 0. The highest BCUT2D eigenvalue weighted by Gasteiger charge is 2.33. The Morgan fingerprint density at radius 1 is 0.708 bits per heavy atom. The van der Waals surface area contributed by atoms with Gasteiger partial charge in [0.05, 0.1) is 0 Å². The summed E-state index contributed by atoms with van der Waals surface area (Å²) in [5, 5.41) is 0. The molecule has 0 saturated heterocycles. The van der Waals surface area contributed by atoms with Gasteiger partial charge < -0.3 is 22.9 Å². The molecule has 0 atom stereocenters. The zero-order valence-electron chi connectivity index (χ0n) is 12.1. The molecule has 12 heteroatoms. The van der Waals surface area contributed by atoms with Crippen molar-refractivity contribution in [2.24, 2.45) is 22.9 Å². The van der Waals surface area contributed by atoms with Gasteiger partial charge in [0.2, 0.25) is 0 Å². The van der Waals surface area contributed by atoms with Gasteiger partial charge in [-0.05, 0) is 24.3 Å². The summed E-state index contributed by atoms with van der Waals surface area (Å²) in [7, 11) is -9.60. The van der Waals surface area contributed by atoms with Gasteiger partial charge in [-0.15, -0.1) is 0 Å². The number of rotatable bonds is 2. The second kappa shape index (κ2) is 5.44. The lowest BCUT2D eigenvalue weighted by molar-refractivity contribution is 0.487. The van der Waals surface area contributed by atoms with Gasteiger partial charge in [0.15, 0.2) is 0 Å². The molecule has 10 nitrogen and oxygen atoms in total. The van der Waals surface area contributed by atoms with Crippen LogP contribution in [0.4, 0.5) is 0 Å². The molecule has 10 N–H and O–H groups in total. The van der Waals surface area contributed by atoms with Gasteiger partial charge in [-0.3, -0.25) is 9.11 Å². The lowest BCUT2D eigenvalue weighted by Crippen LogP contribution is -2.48. The Hall–Kier alpha value is -1.64. The van der Waals surface area contributed by atoms with E-state index in [-0.39, 0.29) is 11.1 Å². The highest BCUT2D eigenvalue weighted by Crippen LogP contribution is 2.34. The van der Waals surface area contributed by atoms with Crippen LogP contribution in [0.1, 0.15) is 0 Å². The summed E-state index contributed by atoms with van der Waals surface area (Å²) < 4.78 is 65.2. The fraction of sp³-hybridized carbons (Fsp3) is 0.167. The van der Waals surface area contributed by atoms with Crippen LogP contribution in [0, 0.1) is 0 Å². The van der Waals surface area contributed by atoms with Gasteiger partial charge in [-0.2, -0.15) is 16.8 Å². The second-order valence-electron chi connectivity index (χ2n) is 5.46. The van der Waals surface area contributed by atoms with E-state index in [1.807, 2.05) is 0 Å². The summed E-state index contributed by atoms with van der Waals surface area (Å²) in [6.07, 6.45) is 6.28. The maximum absolute atomic E-state index is 11.6. The van der Waals surface area contributed by atoms with E-state index in [4.69, 9.17) is 22.9 Å². The van der Waals surface area contributed by atoms with Crippen molar-refractivity contribution in [3.05, 3.63) is 57.4 Å². The van der Waals surface area contributed by atoms with Crippen LogP contribution in [0.25, 0.3) is 0 Å². The molecule has 132 valence electrons. The summed E-state index contributed by atoms with van der Waals surface area (Å²) in [5.41, 5.74) is 18.5. The molecule has 0 aromatic heterocycles. The molecule has 0 bridgehead atoms. The molecule has 0 aliphatic heterocycles. The first-order valence-electron chi connectivity index (χ1n) is 6.32. The third-order valence-corrected chi connectivity index (χ3v) is 5.00. The van der Waals surface area contributed by atoms with Crippen LogP contribution in [0.2, 0.25) is 0 Å². The zero-order valence-corrected chi connectivity index (χ0v) is 13.8. The highest BCUT2D eigenvalue weighted by molar-refractivity contribution is 7.90. The molecule has 0 heterocycles. The topological polar surface area (TPSA) is 213 Å². The average molecular weight is 376 g/mol. The SMILES string of the molecule is NC1(N)C=CC(=C2C=CC(N)(N)C=C2S(=O)(=O)O)C(S(=O)(=O)O)=C1. The molecule has 2 rings (SSSR count). The molecule has 0 saturated carbocycles. The standard InChI is InChI=1S/C12H16N4O6S2/c13-11(14)3-1-7(9(5-11)23(17,18)19)8-2-4-12(15,16)6-10(8)24(20,21)22/h1-6H,13-16H2,(H,17,18,19)(H,20,21,22). The van der Waals surface area contributed by atoms with E-state index in [0.717, 1.165) is 24.3 Å². The van der Waals surface area contributed by atoms with Crippen molar-refractivity contribution < 1.29 is 25.9 Å². The minimum absolute atomic E-state index is 0.250. The van der Waals surface area contributed by atoms with Crippen molar-refractivity contribution >= 4 is 20.2 Å². The first-order chi connectivity index (χ1) is 10.6. The molecule has 0 aromatic carbocycles. The Balaban J connectivity index is 2.83. The summed E-state index contributed by atoms with van der Waals surface area (Å²) >= 11 is 0. The van der Waals surface area contributed by atoms with Crippen LogP contribution in [0.5, 0.6) is 0 Å². The molecule has 24 heavy (non-hydrogen) atoms. The Morgan fingerprint density at radius 3 is 1.25 bits per heavy atom. The molecule has 2 aliphatic carbocycles. The van der Waals surface area contributed by atoms with Crippen LogP contribution < -0.4 is 22.9 Å². The van der Waals surface area contributed by atoms with E-state index in [0.29, 0.717) is 0 Å². The predicted octanol–water partition coefficient (Wildman–Crippen LogP) is -1.81. The van der Waals surface area contributed by atoms with Crippen LogP contribution in [-0.2, 0) is 20.2 Å². The minimum Gasteiger partial charge on any atom is -0.307 e. The lowest BCUT2D eigenvalue weighted by Gasteiger charge is -2.27. The molecular weight excluding hydrogens is 360 g/mol. The monoisotopic (exact) mass is 376 g/mol. The summed E-state index contributed by atoms with van der Waals surface area (Å²) in [5.74, 6) is 0. The third-order valence-electron chi connectivity index (χ3n) is 3.22. The number of hydrogen-bond donors (Lipinski definition) is 6. The smallest absolute Gasteiger partial charge is 0.294 e. The van der Waals surface area contributed by atoms with Crippen molar-refractivity contribution in [1.29, 1.82) is 0 Å². The largest absolute Gasteiger partial charge is 0.307 e. The third kappa shape index (κ3) is 3.88. The van der Waals surface area contributed by atoms with E-state index < -0.39 is 41.4 Å². The van der Waals surface area contributed by atoms with Crippen molar-refractivity contribution in [3.8, 4) is 0 Å². The first kappa shape index (κ1) is 18.7. The highest BCUT2D eigenvalue weighted by atomic mass is 32.2. The Labute approximate surface area is 138 Å². The normalized spacial score (nSPS) is 26.1. The van der Waals surface area contributed by atoms with Gasteiger partial charge >= 0.3 is 0 Å². The quantitative estimate of drug-likeness (QED) is 0.235. The number of nitrogens with two attached hydrogens (primary N) is 4. The number of allylic oxidation sites excluding steroid dienone is 4. The molecule has 0 amide bonds. The van der Waals surface area contributed by atoms with Crippen molar-refractivity contribution in [2.75, 3.05) is 0 Å². The Kier molecular flexibility index (Phi) is 4.23. The predicted molar refractivity (Wildman–Crippen MR) is 86.8 cm³/mol. The molecule has 0 spiro atoms. The van der Waals surface area contributed by atoms with E-state index in [9.17, 15) is 25.9 Å². The molecular formula is C12H16N4O6S2. The zero-order chi connectivity index (χ0) is 18.6. The summed E-state index contributed by atoms with van der Waals surface area (Å²) in [6, 6.07) is 0. The van der Waals surface area contributed by atoms with Gasteiger partial charge in [-0.1, -0.05) is 12.2 Å². The van der Waals surface area contributed by atoms with E-state index in [2.05, 4.69) is 0 Å². The van der Waals surface area contributed by atoms with Crippen LogP contribution >= 0.6 is 0 Å². The molecule has 0 unspecified atom stereocenters. The fourth-order valence-electron chi connectivity index (χ4n) is 2.20. The maximum Gasteiger partial charge on any atom is 0.294 e. The van der Waals surface area contributed by atoms with Crippen LogP contribution in [0.3, 0.4) is 0 Å². The van der Waals surface area contributed by atoms with E-state index in [1.54, 1.807) is 0 Å². The van der Waals surface area contributed by atoms with Gasteiger partial charge in [0.25, 0.3) is 20.2 Å². The van der Waals surface area contributed by atoms with E-state index >= 15 is 0 Å². The van der Waals surface area contributed by atoms with Gasteiger partial charge in [0, 0.05) is 11.1 Å². The summed E-state index contributed by atoms with van der Waals surface area (Å²) in [4.78, 5) is -1.43. The van der Waals surface area contributed by atoms with Crippen molar-refractivity contribution in [2.45, 2.75) is 11.3 Å². The molecule has 0 radical (unpaired) electrons. The molecule has 0 aromatic rings. The minimum atomic E-state index is -4.80. The Bertz CT molecular complexity index is 872. The second-order valence-corrected chi connectivity index (χ2v) is 8.24. The Morgan fingerprint density at radius 2 is 1.00 bits per heavy atom. The van der Waals surface area contributed by atoms with Crippen LogP contribution in [-0.4, -0.2) is 37.3 Å². The van der Waals surface area contributed by atoms with Crippen molar-refractivity contribution in [1.82, 2.24) is 0 Å². The molecule has 0 fully saturated rings. The van der Waals surface area contributed by atoms with Crippen molar-refractivity contribution in [3.63, 3.8) is 0 Å².